The Morgan fingerprint density at radius 2 is 1.82 bits per heavy atom. The third-order valence-electron chi connectivity index (χ3n) is 5.04. The van der Waals surface area contributed by atoms with Crippen LogP contribution in [0.1, 0.15) is 37.7 Å². The predicted octanol–water partition coefficient (Wildman–Crippen LogP) is 5.03. The highest BCUT2D eigenvalue weighted by atomic mass is 19.1. The lowest BCUT2D eigenvalue weighted by molar-refractivity contribution is 0.462. The molecule has 2 N–H and O–H groups in total. The number of aromatic nitrogens is 3. The minimum Gasteiger partial charge on any atom is -0.367 e. The highest BCUT2D eigenvalue weighted by Gasteiger charge is 2.14. The van der Waals surface area contributed by atoms with E-state index in [4.69, 9.17) is 0 Å². The number of anilines is 2. The van der Waals surface area contributed by atoms with Crippen LogP contribution >= 0.6 is 0 Å². The molecule has 1 fully saturated rings. The largest absolute Gasteiger partial charge is 0.367 e. The van der Waals surface area contributed by atoms with E-state index in [1.165, 1.54) is 44.2 Å². The quantitative estimate of drug-likeness (QED) is 0.630. The summed E-state index contributed by atoms with van der Waals surface area (Å²) in [5.41, 5.74) is 2.68. The fourth-order valence-electron chi connectivity index (χ4n) is 3.58. The highest BCUT2D eigenvalue weighted by Crippen LogP contribution is 2.24. The topological polar surface area (TPSA) is 62.7 Å². The van der Waals surface area contributed by atoms with E-state index in [0.29, 0.717) is 12.6 Å². The van der Waals surface area contributed by atoms with Gasteiger partial charge in [0.05, 0.1) is 5.69 Å². The molecule has 4 rings (SSSR count). The Labute approximate surface area is 164 Å². The number of hydrogen-bond acceptors (Lipinski definition) is 5. The number of nitrogens with zero attached hydrogens (tertiary/aromatic N) is 3. The average Bonchev–Trinajstić information content (AvgIpc) is 2.74. The molecule has 0 saturated heterocycles. The summed E-state index contributed by atoms with van der Waals surface area (Å²) in [6.45, 7) is 0.506. The van der Waals surface area contributed by atoms with Crippen molar-refractivity contribution in [3.8, 4) is 11.3 Å². The van der Waals surface area contributed by atoms with Crippen molar-refractivity contribution in [3.63, 3.8) is 0 Å². The van der Waals surface area contributed by atoms with E-state index in [9.17, 15) is 4.39 Å². The second-order valence-corrected chi connectivity index (χ2v) is 7.18. The SMILES string of the molecule is Fc1cccc(CNc2cc(-c3cc(NC4CCCCC4)ncn3)ccn2)c1. The van der Waals surface area contributed by atoms with Crippen molar-refractivity contribution in [3.05, 3.63) is 66.4 Å². The first-order valence-corrected chi connectivity index (χ1v) is 9.79. The molecular formula is C22H24FN5. The van der Waals surface area contributed by atoms with Crippen molar-refractivity contribution in [1.82, 2.24) is 15.0 Å². The molecule has 0 bridgehead atoms. The molecule has 28 heavy (non-hydrogen) atoms. The molecule has 0 aliphatic heterocycles. The smallest absolute Gasteiger partial charge is 0.130 e. The van der Waals surface area contributed by atoms with Crippen LogP contribution in [0.4, 0.5) is 16.0 Å². The summed E-state index contributed by atoms with van der Waals surface area (Å²) in [4.78, 5) is 13.1. The molecule has 1 saturated carbocycles. The van der Waals surface area contributed by atoms with Gasteiger partial charge in [-0.1, -0.05) is 31.4 Å². The summed E-state index contributed by atoms with van der Waals surface area (Å²) in [7, 11) is 0. The molecule has 1 aliphatic rings. The van der Waals surface area contributed by atoms with Crippen LogP contribution in [-0.4, -0.2) is 21.0 Å². The van der Waals surface area contributed by atoms with Gasteiger partial charge in [-0.05, 0) is 42.7 Å². The van der Waals surface area contributed by atoms with Crippen molar-refractivity contribution in [1.29, 1.82) is 0 Å². The Hall–Kier alpha value is -3.02. The Morgan fingerprint density at radius 3 is 2.68 bits per heavy atom. The van der Waals surface area contributed by atoms with Gasteiger partial charge in [0.2, 0.25) is 0 Å². The van der Waals surface area contributed by atoms with Crippen LogP contribution in [0.25, 0.3) is 11.3 Å². The van der Waals surface area contributed by atoms with Gasteiger partial charge in [0.1, 0.15) is 23.8 Å². The third kappa shape index (κ3) is 4.82. The standard InChI is InChI=1S/C22H24FN5/c23-18-6-4-5-16(11-18)14-25-21-12-17(9-10-24-21)20-13-22(27-15-26-20)28-19-7-2-1-3-8-19/h4-6,9-13,15,19H,1-3,7-8,14H2,(H,24,25)(H,26,27,28). The number of halogens is 1. The van der Waals surface area contributed by atoms with Crippen molar-refractivity contribution in [2.75, 3.05) is 10.6 Å². The zero-order valence-corrected chi connectivity index (χ0v) is 15.7. The van der Waals surface area contributed by atoms with Gasteiger partial charge >= 0.3 is 0 Å². The number of hydrogen-bond donors (Lipinski definition) is 2. The van der Waals surface area contributed by atoms with Crippen LogP contribution in [0.15, 0.2) is 55.0 Å². The Balaban J connectivity index is 1.45. The fourth-order valence-corrected chi connectivity index (χ4v) is 3.58. The molecule has 0 spiro atoms. The van der Waals surface area contributed by atoms with E-state index < -0.39 is 0 Å². The van der Waals surface area contributed by atoms with Gasteiger partial charge < -0.3 is 10.6 Å². The zero-order chi connectivity index (χ0) is 19.2. The van der Waals surface area contributed by atoms with Gasteiger partial charge in [-0.3, -0.25) is 0 Å². The average molecular weight is 377 g/mol. The molecule has 2 heterocycles. The van der Waals surface area contributed by atoms with Crippen LogP contribution in [0.5, 0.6) is 0 Å². The second-order valence-electron chi connectivity index (χ2n) is 7.18. The van der Waals surface area contributed by atoms with Crippen molar-refractivity contribution < 1.29 is 4.39 Å². The summed E-state index contributed by atoms with van der Waals surface area (Å²) < 4.78 is 13.3. The molecule has 144 valence electrons. The number of benzene rings is 1. The minimum absolute atomic E-state index is 0.236. The Kier molecular flexibility index (Phi) is 5.75. The summed E-state index contributed by atoms with van der Waals surface area (Å²) in [6, 6.07) is 12.9. The molecule has 6 heteroatoms. The third-order valence-corrected chi connectivity index (χ3v) is 5.04. The van der Waals surface area contributed by atoms with E-state index in [0.717, 1.165) is 28.5 Å². The fraction of sp³-hybridized carbons (Fsp3) is 0.318. The summed E-state index contributed by atoms with van der Waals surface area (Å²) in [5.74, 6) is 1.35. The lowest BCUT2D eigenvalue weighted by atomic mass is 9.95. The molecule has 3 aromatic rings. The van der Waals surface area contributed by atoms with Gasteiger partial charge in [-0.25, -0.2) is 19.3 Å². The van der Waals surface area contributed by atoms with E-state index in [1.54, 1.807) is 18.6 Å². The monoisotopic (exact) mass is 377 g/mol. The van der Waals surface area contributed by atoms with Crippen LogP contribution in [0, 0.1) is 5.82 Å². The van der Waals surface area contributed by atoms with Crippen LogP contribution in [0.2, 0.25) is 0 Å². The predicted molar refractivity (Wildman–Crippen MR) is 109 cm³/mol. The Morgan fingerprint density at radius 1 is 0.929 bits per heavy atom. The molecule has 0 unspecified atom stereocenters. The Bertz CT molecular complexity index is 924. The van der Waals surface area contributed by atoms with Crippen molar-refractivity contribution in [2.45, 2.75) is 44.7 Å². The minimum atomic E-state index is -0.236. The summed E-state index contributed by atoms with van der Waals surface area (Å²) >= 11 is 0. The number of pyridine rings is 1. The highest BCUT2D eigenvalue weighted by molar-refractivity contribution is 5.65. The summed E-state index contributed by atoms with van der Waals surface area (Å²) in [5, 5.41) is 6.78. The number of rotatable bonds is 6. The van der Waals surface area contributed by atoms with Gasteiger partial charge in [-0.15, -0.1) is 0 Å². The van der Waals surface area contributed by atoms with Crippen LogP contribution in [0.3, 0.4) is 0 Å². The summed E-state index contributed by atoms with van der Waals surface area (Å²) in [6.07, 6.45) is 9.63. The first kappa shape index (κ1) is 18.3. The van der Waals surface area contributed by atoms with E-state index in [-0.39, 0.29) is 5.82 Å². The second kappa shape index (κ2) is 8.78. The van der Waals surface area contributed by atoms with Gasteiger partial charge in [-0.2, -0.15) is 0 Å². The van der Waals surface area contributed by atoms with E-state index in [2.05, 4.69) is 25.6 Å². The van der Waals surface area contributed by atoms with Gasteiger partial charge in [0.25, 0.3) is 0 Å². The molecule has 0 amide bonds. The molecule has 1 aromatic carbocycles. The zero-order valence-electron chi connectivity index (χ0n) is 15.7. The first-order valence-electron chi connectivity index (χ1n) is 9.79. The normalized spacial score (nSPS) is 14.6. The maximum Gasteiger partial charge on any atom is 0.130 e. The molecule has 1 aliphatic carbocycles. The number of nitrogens with one attached hydrogen (secondary N) is 2. The molecular weight excluding hydrogens is 353 g/mol. The maximum atomic E-state index is 13.3. The van der Waals surface area contributed by atoms with Gasteiger partial charge in [0, 0.05) is 30.4 Å². The van der Waals surface area contributed by atoms with E-state index >= 15 is 0 Å². The van der Waals surface area contributed by atoms with Crippen molar-refractivity contribution in [2.24, 2.45) is 0 Å². The van der Waals surface area contributed by atoms with Crippen LogP contribution in [-0.2, 0) is 6.54 Å². The lowest BCUT2D eigenvalue weighted by Gasteiger charge is -2.23. The van der Waals surface area contributed by atoms with Crippen LogP contribution < -0.4 is 10.6 Å². The van der Waals surface area contributed by atoms with Gasteiger partial charge in [0.15, 0.2) is 0 Å². The lowest BCUT2D eigenvalue weighted by Crippen LogP contribution is -2.22. The maximum absolute atomic E-state index is 13.3. The molecule has 5 nitrogen and oxygen atoms in total. The van der Waals surface area contributed by atoms with E-state index in [1.807, 2.05) is 24.3 Å². The molecule has 2 aromatic heterocycles. The molecule has 0 atom stereocenters. The first-order chi connectivity index (χ1) is 13.8. The molecule has 0 radical (unpaired) electrons. The van der Waals surface area contributed by atoms with Crippen molar-refractivity contribution >= 4 is 11.6 Å².